The zero-order chi connectivity index (χ0) is 20.0. The van der Waals surface area contributed by atoms with Gasteiger partial charge in [0, 0.05) is 13.0 Å². The Labute approximate surface area is 158 Å². The van der Waals surface area contributed by atoms with Gasteiger partial charge in [0.15, 0.2) is 0 Å². The molecule has 0 saturated carbocycles. The second-order valence-electron chi connectivity index (χ2n) is 5.44. The highest BCUT2D eigenvalue weighted by molar-refractivity contribution is 7.92. The summed E-state index contributed by atoms with van der Waals surface area (Å²) in [6, 6.07) is 8.95. The quantitative estimate of drug-likeness (QED) is 0.714. The second-order valence-corrected chi connectivity index (χ2v) is 7.13. The number of anilines is 2. The number of hydrogen-bond acceptors (Lipinski definition) is 6. The predicted molar refractivity (Wildman–Crippen MR) is 102 cm³/mol. The molecule has 0 fully saturated rings. The van der Waals surface area contributed by atoms with Crippen molar-refractivity contribution in [2.45, 2.75) is 18.7 Å². The number of sulfonamides is 1. The molecule has 2 N–H and O–H groups in total. The molecule has 1 amide bonds. The average Bonchev–Trinajstić information content (AvgIpc) is 2.62. The van der Waals surface area contributed by atoms with E-state index in [0.29, 0.717) is 23.9 Å². The number of rotatable bonds is 8. The topological polar surface area (TPSA) is 103 Å². The summed E-state index contributed by atoms with van der Waals surface area (Å²) in [5.41, 5.74) is 0.530. The lowest BCUT2D eigenvalue weighted by Gasteiger charge is -2.15. The number of methoxy groups -OCH3 is 2. The van der Waals surface area contributed by atoms with E-state index in [-0.39, 0.29) is 22.2 Å². The van der Waals surface area contributed by atoms with Crippen LogP contribution in [0, 0.1) is 0 Å². The van der Waals surface area contributed by atoms with Gasteiger partial charge in [0.1, 0.15) is 17.2 Å². The Bertz CT molecular complexity index is 927. The molecule has 2 rings (SSSR count). The Kier molecular flexibility index (Phi) is 6.51. The van der Waals surface area contributed by atoms with E-state index in [1.165, 1.54) is 39.3 Å². The summed E-state index contributed by atoms with van der Waals surface area (Å²) in [5, 5.41) is 2.57. The number of amides is 1. The van der Waals surface area contributed by atoms with E-state index in [9.17, 15) is 13.2 Å². The van der Waals surface area contributed by atoms with Crippen molar-refractivity contribution in [3.05, 3.63) is 36.4 Å². The molecule has 146 valence electrons. The van der Waals surface area contributed by atoms with Crippen LogP contribution in [0.5, 0.6) is 17.2 Å². The van der Waals surface area contributed by atoms with E-state index < -0.39 is 10.0 Å². The van der Waals surface area contributed by atoms with E-state index in [4.69, 9.17) is 14.2 Å². The Hall–Kier alpha value is -2.94. The van der Waals surface area contributed by atoms with Crippen LogP contribution >= 0.6 is 0 Å². The number of hydrogen-bond donors (Lipinski definition) is 2. The summed E-state index contributed by atoms with van der Waals surface area (Å²) in [6.45, 7) is 3.50. The van der Waals surface area contributed by atoms with Crippen molar-refractivity contribution < 1.29 is 27.4 Å². The molecule has 9 heteroatoms. The van der Waals surface area contributed by atoms with Crippen molar-refractivity contribution in [1.29, 1.82) is 0 Å². The Balaban J connectivity index is 2.40. The molecule has 2 aromatic rings. The molecule has 0 saturated heterocycles. The molecule has 0 aromatic heterocycles. The molecule has 0 unspecified atom stereocenters. The molecule has 2 aromatic carbocycles. The van der Waals surface area contributed by atoms with Crippen molar-refractivity contribution in [2.24, 2.45) is 0 Å². The highest BCUT2D eigenvalue weighted by atomic mass is 32.2. The lowest BCUT2D eigenvalue weighted by molar-refractivity contribution is -0.114. The molecule has 0 heterocycles. The van der Waals surface area contributed by atoms with Gasteiger partial charge >= 0.3 is 0 Å². The van der Waals surface area contributed by atoms with Crippen LogP contribution in [0.4, 0.5) is 11.4 Å². The van der Waals surface area contributed by atoms with Crippen LogP contribution in [0.2, 0.25) is 0 Å². The molecule has 8 nitrogen and oxygen atoms in total. The minimum atomic E-state index is -3.93. The van der Waals surface area contributed by atoms with Crippen LogP contribution in [-0.4, -0.2) is 35.2 Å². The zero-order valence-electron chi connectivity index (χ0n) is 15.5. The van der Waals surface area contributed by atoms with E-state index in [1.54, 1.807) is 25.1 Å². The molecule has 0 atom stereocenters. The Morgan fingerprint density at radius 2 is 1.74 bits per heavy atom. The first-order valence-corrected chi connectivity index (χ1v) is 9.58. The predicted octanol–water partition coefficient (Wildman–Crippen LogP) is 2.86. The van der Waals surface area contributed by atoms with Crippen molar-refractivity contribution in [3.63, 3.8) is 0 Å². The number of nitrogens with one attached hydrogen (secondary N) is 2. The lowest BCUT2D eigenvalue weighted by atomic mass is 10.3. The van der Waals surface area contributed by atoms with Gasteiger partial charge in [0.25, 0.3) is 10.0 Å². The van der Waals surface area contributed by atoms with Gasteiger partial charge in [0.2, 0.25) is 5.91 Å². The van der Waals surface area contributed by atoms with E-state index in [2.05, 4.69) is 10.0 Å². The first kappa shape index (κ1) is 20.4. The first-order chi connectivity index (χ1) is 12.8. The van der Waals surface area contributed by atoms with Crippen molar-refractivity contribution in [2.75, 3.05) is 30.9 Å². The smallest absolute Gasteiger partial charge is 0.262 e. The molecule has 0 bridgehead atoms. The molecular formula is C18H22N2O6S. The largest absolute Gasteiger partial charge is 0.497 e. The summed E-state index contributed by atoms with van der Waals surface area (Å²) < 4.78 is 43.8. The first-order valence-electron chi connectivity index (χ1n) is 8.10. The summed E-state index contributed by atoms with van der Waals surface area (Å²) in [6.07, 6.45) is 0. The third-order valence-electron chi connectivity index (χ3n) is 3.52. The lowest BCUT2D eigenvalue weighted by Crippen LogP contribution is -2.15. The van der Waals surface area contributed by atoms with Crippen molar-refractivity contribution in [1.82, 2.24) is 0 Å². The minimum absolute atomic E-state index is 0.0347. The second kappa shape index (κ2) is 8.63. The normalized spacial score (nSPS) is 10.8. The van der Waals surface area contributed by atoms with E-state index in [1.807, 2.05) is 0 Å². The maximum Gasteiger partial charge on any atom is 0.262 e. The van der Waals surface area contributed by atoms with Crippen LogP contribution in [0.1, 0.15) is 13.8 Å². The number of benzene rings is 2. The van der Waals surface area contributed by atoms with Crippen LogP contribution < -0.4 is 24.2 Å². The van der Waals surface area contributed by atoms with Gasteiger partial charge in [-0.1, -0.05) is 0 Å². The van der Waals surface area contributed by atoms with Gasteiger partial charge in [-0.2, -0.15) is 0 Å². The van der Waals surface area contributed by atoms with Crippen molar-refractivity contribution in [3.8, 4) is 17.2 Å². The fourth-order valence-electron chi connectivity index (χ4n) is 2.33. The van der Waals surface area contributed by atoms with Gasteiger partial charge in [0.05, 0.1) is 37.1 Å². The molecule has 27 heavy (non-hydrogen) atoms. The van der Waals surface area contributed by atoms with E-state index in [0.717, 1.165) is 0 Å². The Morgan fingerprint density at radius 1 is 1.00 bits per heavy atom. The standard InChI is InChI=1S/C18H22N2O6S/c1-5-26-17-9-7-14(11-16(17)19-12(2)21)27(22,23)20-15-8-6-13(24-3)10-18(15)25-4/h6-11,20H,5H2,1-4H3,(H,19,21). The SMILES string of the molecule is CCOc1ccc(S(=O)(=O)Nc2ccc(OC)cc2OC)cc1NC(C)=O. The summed E-state index contributed by atoms with van der Waals surface area (Å²) in [7, 11) is -1.00. The van der Waals surface area contributed by atoms with Gasteiger partial charge < -0.3 is 19.5 Å². The number of carbonyl (C=O) groups is 1. The highest BCUT2D eigenvalue weighted by Crippen LogP contribution is 2.33. The van der Waals surface area contributed by atoms with Crippen LogP contribution in [-0.2, 0) is 14.8 Å². The third-order valence-corrected chi connectivity index (χ3v) is 4.89. The molecule has 0 aliphatic heterocycles. The molecule has 0 aliphatic rings. The molecular weight excluding hydrogens is 372 g/mol. The average molecular weight is 394 g/mol. The third kappa shape index (κ3) is 5.04. The summed E-state index contributed by atoms with van der Waals surface area (Å²) >= 11 is 0. The molecule has 0 spiro atoms. The summed E-state index contributed by atoms with van der Waals surface area (Å²) in [4.78, 5) is 11.4. The van der Waals surface area contributed by atoms with Gasteiger partial charge in [-0.25, -0.2) is 8.42 Å². The van der Waals surface area contributed by atoms with Gasteiger partial charge in [-0.15, -0.1) is 0 Å². The molecule has 0 radical (unpaired) electrons. The van der Waals surface area contributed by atoms with Crippen LogP contribution in [0.25, 0.3) is 0 Å². The number of carbonyl (C=O) groups excluding carboxylic acids is 1. The fourth-order valence-corrected chi connectivity index (χ4v) is 3.43. The fraction of sp³-hybridized carbons (Fsp3) is 0.278. The highest BCUT2D eigenvalue weighted by Gasteiger charge is 2.19. The summed E-state index contributed by atoms with van der Waals surface area (Å²) in [5.74, 6) is 0.888. The minimum Gasteiger partial charge on any atom is -0.497 e. The van der Waals surface area contributed by atoms with Crippen LogP contribution in [0.15, 0.2) is 41.3 Å². The van der Waals surface area contributed by atoms with Crippen LogP contribution in [0.3, 0.4) is 0 Å². The maximum absolute atomic E-state index is 12.8. The molecule has 0 aliphatic carbocycles. The zero-order valence-corrected chi connectivity index (χ0v) is 16.3. The maximum atomic E-state index is 12.8. The Morgan fingerprint density at radius 3 is 2.33 bits per heavy atom. The van der Waals surface area contributed by atoms with E-state index >= 15 is 0 Å². The van der Waals surface area contributed by atoms with Crippen molar-refractivity contribution >= 4 is 27.3 Å². The van der Waals surface area contributed by atoms with Gasteiger partial charge in [-0.3, -0.25) is 9.52 Å². The van der Waals surface area contributed by atoms with Gasteiger partial charge in [-0.05, 0) is 37.3 Å². The number of ether oxygens (including phenoxy) is 3. The monoisotopic (exact) mass is 394 g/mol.